The first-order valence-corrected chi connectivity index (χ1v) is 10.7. The quantitative estimate of drug-likeness (QED) is 0.457. The van der Waals surface area contributed by atoms with Crippen LogP contribution < -0.4 is 11.2 Å². The molecule has 164 valence electrons. The van der Waals surface area contributed by atoms with Gasteiger partial charge in [-0.15, -0.1) is 0 Å². The van der Waals surface area contributed by atoms with E-state index in [1.54, 1.807) is 41.8 Å². The minimum atomic E-state index is -0.432. The van der Waals surface area contributed by atoms with Gasteiger partial charge in [0.15, 0.2) is 0 Å². The summed E-state index contributed by atoms with van der Waals surface area (Å²) in [5.74, 6) is -0.398. The lowest BCUT2D eigenvalue weighted by Gasteiger charge is -2.19. The molecular formula is C26H26N2O4. The van der Waals surface area contributed by atoms with Gasteiger partial charge in [-0.05, 0) is 44.5 Å². The highest BCUT2D eigenvalue weighted by atomic mass is 16.5. The van der Waals surface area contributed by atoms with E-state index in [2.05, 4.69) is 6.07 Å². The lowest BCUT2D eigenvalue weighted by molar-refractivity contribution is 0.0382. The molecule has 1 aliphatic rings. The van der Waals surface area contributed by atoms with Crippen LogP contribution in [0.25, 0.3) is 0 Å². The fraction of sp³-hybridized carbons (Fsp3) is 0.269. The average molecular weight is 431 g/mol. The monoisotopic (exact) mass is 430 g/mol. The van der Waals surface area contributed by atoms with Crippen LogP contribution in [0.1, 0.15) is 45.2 Å². The zero-order valence-corrected chi connectivity index (χ0v) is 18.4. The van der Waals surface area contributed by atoms with Crippen molar-refractivity contribution in [2.45, 2.75) is 45.9 Å². The van der Waals surface area contributed by atoms with Gasteiger partial charge in [0, 0.05) is 18.2 Å². The van der Waals surface area contributed by atoms with E-state index in [-0.39, 0.29) is 23.8 Å². The molecule has 4 rings (SSSR count). The molecule has 0 saturated carbocycles. The van der Waals surface area contributed by atoms with Crippen molar-refractivity contribution in [1.82, 2.24) is 9.13 Å². The molecule has 6 nitrogen and oxygen atoms in total. The fourth-order valence-electron chi connectivity index (χ4n) is 4.30. The van der Waals surface area contributed by atoms with Gasteiger partial charge in [-0.3, -0.25) is 13.9 Å². The number of benzene rings is 2. The Hall–Kier alpha value is -3.67. The number of aryl methyl sites for hydroxylation is 3. The molecule has 3 aromatic rings. The van der Waals surface area contributed by atoms with E-state index in [4.69, 9.17) is 4.74 Å². The van der Waals surface area contributed by atoms with Gasteiger partial charge in [0.05, 0.1) is 18.2 Å². The molecule has 2 atom stereocenters. The first-order chi connectivity index (χ1) is 15.3. The largest absolute Gasteiger partial charge is 0.454 e. The smallest absolute Gasteiger partial charge is 0.338 e. The lowest BCUT2D eigenvalue weighted by Crippen LogP contribution is -2.42. The molecule has 0 aliphatic heterocycles. The van der Waals surface area contributed by atoms with Crippen LogP contribution in [0.15, 0.2) is 76.3 Å². The number of carbonyl (C=O) groups excluding carboxylic acids is 1. The Labute approximate surface area is 186 Å². The Bertz CT molecular complexity index is 1280. The second-order valence-electron chi connectivity index (χ2n) is 8.36. The minimum absolute atomic E-state index is 0.212. The maximum atomic E-state index is 13.3. The molecule has 1 aliphatic carbocycles. The van der Waals surface area contributed by atoms with Crippen molar-refractivity contribution >= 4 is 5.97 Å². The maximum Gasteiger partial charge on any atom is 0.338 e. The molecule has 0 amide bonds. The first kappa shape index (κ1) is 21.6. The molecule has 0 saturated heterocycles. The zero-order valence-electron chi connectivity index (χ0n) is 18.4. The molecule has 0 spiro atoms. The zero-order chi connectivity index (χ0) is 22.8. The standard InChI is InChI=1S/C26H26N2O4/c1-17-11-18(2)13-20(12-17)16-27-24(29)14-19(3)28(26(27)31)22-9-10-23(15-22)32-25(30)21-7-5-4-6-8-21/h4-14,22-23H,15-16H2,1-3H3. The summed E-state index contributed by atoms with van der Waals surface area (Å²) in [6.45, 7) is 5.95. The molecule has 6 heteroatoms. The summed E-state index contributed by atoms with van der Waals surface area (Å²) in [5.41, 5.74) is 3.47. The van der Waals surface area contributed by atoms with Gasteiger partial charge in [0.25, 0.3) is 5.56 Å². The fourth-order valence-corrected chi connectivity index (χ4v) is 4.30. The number of hydrogen-bond donors (Lipinski definition) is 0. The van der Waals surface area contributed by atoms with E-state index < -0.39 is 12.1 Å². The van der Waals surface area contributed by atoms with E-state index in [0.717, 1.165) is 16.7 Å². The highest BCUT2D eigenvalue weighted by molar-refractivity contribution is 5.89. The SMILES string of the molecule is Cc1cc(C)cc(Cn2c(=O)cc(C)n(C3C=CC(OC(=O)c4ccccc4)C3)c2=O)c1. The summed E-state index contributed by atoms with van der Waals surface area (Å²) in [6, 6.07) is 16.0. The molecule has 2 aromatic carbocycles. The summed E-state index contributed by atoms with van der Waals surface area (Å²) in [7, 11) is 0. The highest BCUT2D eigenvalue weighted by Crippen LogP contribution is 2.25. The molecule has 1 heterocycles. The molecule has 1 aromatic heterocycles. The van der Waals surface area contributed by atoms with Crippen molar-refractivity contribution < 1.29 is 9.53 Å². The number of hydrogen-bond acceptors (Lipinski definition) is 4. The number of allylic oxidation sites excluding steroid dienone is 1. The van der Waals surface area contributed by atoms with Gasteiger partial charge in [0.1, 0.15) is 6.10 Å². The van der Waals surface area contributed by atoms with Crippen molar-refractivity contribution in [1.29, 1.82) is 0 Å². The van der Waals surface area contributed by atoms with Gasteiger partial charge in [-0.1, -0.05) is 53.6 Å². The van der Waals surface area contributed by atoms with Gasteiger partial charge in [0.2, 0.25) is 0 Å². The van der Waals surface area contributed by atoms with Crippen LogP contribution in [0.5, 0.6) is 0 Å². The Morgan fingerprint density at radius 3 is 2.34 bits per heavy atom. The number of nitrogens with zero attached hydrogens (tertiary/aromatic N) is 2. The van der Waals surface area contributed by atoms with E-state index >= 15 is 0 Å². The van der Waals surface area contributed by atoms with E-state index in [1.165, 1.54) is 10.6 Å². The molecular weight excluding hydrogens is 404 g/mol. The van der Waals surface area contributed by atoms with E-state index in [0.29, 0.717) is 17.7 Å². The normalized spacial score (nSPS) is 17.5. The second-order valence-corrected chi connectivity index (χ2v) is 8.36. The number of carbonyl (C=O) groups is 1. The Balaban J connectivity index is 1.57. The molecule has 0 N–H and O–H groups in total. The summed E-state index contributed by atoms with van der Waals surface area (Å²) in [4.78, 5) is 38.3. The van der Waals surface area contributed by atoms with Crippen molar-refractivity contribution in [3.05, 3.63) is 116 Å². The van der Waals surface area contributed by atoms with Crippen LogP contribution in [-0.2, 0) is 11.3 Å². The topological polar surface area (TPSA) is 70.3 Å². The van der Waals surface area contributed by atoms with Crippen molar-refractivity contribution in [2.24, 2.45) is 0 Å². The van der Waals surface area contributed by atoms with Crippen LogP contribution in [0, 0.1) is 20.8 Å². The molecule has 2 unspecified atom stereocenters. The van der Waals surface area contributed by atoms with Crippen molar-refractivity contribution in [3.63, 3.8) is 0 Å². The third kappa shape index (κ3) is 4.49. The van der Waals surface area contributed by atoms with Gasteiger partial charge < -0.3 is 4.74 Å². The predicted octanol–water partition coefficient (Wildman–Crippen LogP) is 3.71. The summed E-state index contributed by atoms with van der Waals surface area (Å²) < 4.78 is 8.47. The maximum absolute atomic E-state index is 13.3. The second kappa shape index (κ2) is 8.83. The summed E-state index contributed by atoms with van der Waals surface area (Å²) in [6.07, 6.45) is 3.68. The average Bonchev–Trinajstić information content (AvgIpc) is 3.18. The Morgan fingerprint density at radius 2 is 1.66 bits per heavy atom. The molecule has 0 radical (unpaired) electrons. The van der Waals surface area contributed by atoms with Gasteiger partial charge in [-0.2, -0.15) is 0 Å². The number of esters is 1. The number of ether oxygens (including phenoxy) is 1. The van der Waals surface area contributed by atoms with Gasteiger partial charge in [-0.25, -0.2) is 9.59 Å². The summed E-state index contributed by atoms with van der Waals surface area (Å²) >= 11 is 0. The minimum Gasteiger partial charge on any atom is -0.454 e. The Kier molecular flexibility index (Phi) is 5.95. The van der Waals surface area contributed by atoms with Crippen LogP contribution in [0.3, 0.4) is 0 Å². The van der Waals surface area contributed by atoms with Crippen LogP contribution in [0.4, 0.5) is 0 Å². The van der Waals surface area contributed by atoms with Crippen LogP contribution >= 0.6 is 0 Å². The molecule has 0 bridgehead atoms. The summed E-state index contributed by atoms with van der Waals surface area (Å²) in [5, 5.41) is 0. The van der Waals surface area contributed by atoms with E-state index in [1.807, 2.05) is 38.1 Å². The van der Waals surface area contributed by atoms with Crippen LogP contribution in [-0.4, -0.2) is 21.2 Å². The molecule has 32 heavy (non-hydrogen) atoms. The lowest BCUT2D eigenvalue weighted by atomic mass is 10.1. The van der Waals surface area contributed by atoms with Gasteiger partial charge >= 0.3 is 11.7 Å². The predicted molar refractivity (Wildman–Crippen MR) is 123 cm³/mol. The number of aromatic nitrogens is 2. The van der Waals surface area contributed by atoms with Crippen LogP contribution in [0.2, 0.25) is 0 Å². The first-order valence-electron chi connectivity index (χ1n) is 10.7. The van der Waals surface area contributed by atoms with Crippen molar-refractivity contribution in [3.8, 4) is 0 Å². The number of rotatable bonds is 5. The third-order valence-corrected chi connectivity index (χ3v) is 5.66. The highest BCUT2D eigenvalue weighted by Gasteiger charge is 2.26. The Morgan fingerprint density at radius 1 is 0.969 bits per heavy atom. The van der Waals surface area contributed by atoms with E-state index in [9.17, 15) is 14.4 Å². The van der Waals surface area contributed by atoms with Crippen molar-refractivity contribution in [2.75, 3.05) is 0 Å². The third-order valence-electron chi connectivity index (χ3n) is 5.66. The molecule has 0 fully saturated rings.